The van der Waals surface area contributed by atoms with Gasteiger partial charge in [0, 0.05) is 29.9 Å². The summed E-state index contributed by atoms with van der Waals surface area (Å²) in [6, 6.07) is 5.70. The lowest BCUT2D eigenvalue weighted by atomic mass is 10.1. The van der Waals surface area contributed by atoms with Crippen LogP contribution in [0.1, 0.15) is 29.8 Å². The molecule has 2 aromatic heterocycles. The highest BCUT2D eigenvalue weighted by Gasteiger charge is 2.13. The summed E-state index contributed by atoms with van der Waals surface area (Å²) in [5.41, 5.74) is 9.08. The van der Waals surface area contributed by atoms with E-state index in [-0.39, 0.29) is 6.04 Å². The van der Waals surface area contributed by atoms with E-state index in [1.807, 2.05) is 12.3 Å². The van der Waals surface area contributed by atoms with E-state index >= 15 is 0 Å². The smallest absolute Gasteiger partial charge is 0.197 e. The van der Waals surface area contributed by atoms with Gasteiger partial charge in [0.15, 0.2) is 5.22 Å². The Bertz CT molecular complexity index is 478. The highest BCUT2D eigenvalue weighted by molar-refractivity contribution is 6.29. The molecule has 2 N–H and O–H groups in total. The molecule has 2 aromatic rings. The zero-order valence-electron chi connectivity index (χ0n) is 9.69. The summed E-state index contributed by atoms with van der Waals surface area (Å²) in [6.07, 6.45) is 5.08. The molecule has 0 radical (unpaired) electrons. The molecule has 0 saturated carbocycles. The fourth-order valence-electron chi connectivity index (χ4n) is 1.69. The van der Waals surface area contributed by atoms with E-state index in [9.17, 15) is 0 Å². The molecule has 0 aromatic carbocycles. The second kappa shape index (κ2) is 5.34. The first-order chi connectivity index (χ1) is 8.20. The molecule has 0 fully saturated rings. The minimum Gasteiger partial charge on any atom is -0.453 e. The van der Waals surface area contributed by atoms with Crippen LogP contribution in [0.2, 0.25) is 5.22 Å². The standard InChI is InChI=1S/C13H15ClN2O/c1-2-9-3-4-10(16-8-9)7-12(15)11-5-6-17-13(11)14/h3-6,8,12H,2,7,15H2,1H3. The molecule has 17 heavy (non-hydrogen) atoms. The molecular formula is C13H15ClN2O. The summed E-state index contributed by atoms with van der Waals surface area (Å²) in [7, 11) is 0. The number of nitrogens with zero attached hydrogens (tertiary/aromatic N) is 1. The van der Waals surface area contributed by atoms with Crippen molar-refractivity contribution < 1.29 is 4.42 Å². The maximum absolute atomic E-state index is 6.06. The van der Waals surface area contributed by atoms with Gasteiger partial charge < -0.3 is 10.2 Å². The van der Waals surface area contributed by atoms with Crippen LogP contribution in [0, 0.1) is 0 Å². The normalized spacial score (nSPS) is 12.6. The predicted octanol–water partition coefficient (Wildman–Crippen LogP) is 3.13. The average Bonchev–Trinajstić information content (AvgIpc) is 2.76. The first kappa shape index (κ1) is 12.1. The van der Waals surface area contributed by atoms with Crippen molar-refractivity contribution in [2.75, 3.05) is 0 Å². The largest absolute Gasteiger partial charge is 0.453 e. The first-order valence-corrected chi connectivity index (χ1v) is 6.00. The topological polar surface area (TPSA) is 52.0 Å². The lowest BCUT2D eigenvalue weighted by molar-refractivity contribution is 0.560. The number of halogens is 1. The Morgan fingerprint density at radius 1 is 1.41 bits per heavy atom. The Morgan fingerprint density at radius 3 is 2.76 bits per heavy atom. The first-order valence-electron chi connectivity index (χ1n) is 5.63. The van der Waals surface area contributed by atoms with Gasteiger partial charge in [-0.05, 0) is 35.7 Å². The second-order valence-corrected chi connectivity index (χ2v) is 4.31. The number of hydrogen-bond acceptors (Lipinski definition) is 3. The molecule has 0 aliphatic heterocycles. The van der Waals surface area contributed by atoms with Crippen LogP contribution < -0.4 is 5.73 Å². The van der Waals surface area contributed by atoms with Crippen molar-refractivity contribution in [2.24, 2.45) is 5.73 Å². The summed E-state index contributed by atoms with van der Waals surface area (Å²) in [5, 5.41) is 0.364. The van der Waals surface area contributed by atoms with Gasteiger partial charge in [-0.15, -0.1) is 0 Å². The highest BCUT2D eigenvalue weighted by atomic mass is 35.5. The number of aryl methyl sites for hydroxylation is 1. The van der Waals surface area contributed by atoms with Crippen molar-refractivity contribution in [1.82, 2.24) is 4.98 Å². The van der Waals surface area contributed by atoms with Gasteiger partial charge in [0.1, 0.15) is 0 Å². The molecule has 0 aliphatic rings. The van der Waals surface area contributed by atoms with Crippen molar-refractivity contribution >= 4 is 11.6 Å². The van der Waals surface area contributed by atoms with Crippen molar-refractivity contribution in [3.63, 3.8) is 0 Å². The number of furan rings is 1. The number of hydrogen-bond donors (Lipinski definition) is 1. The molecule has 2 heterocycles. The van der Waals surface area contributed by atoms with E-state index in [2.05, 4.69) is 18.0 Å². The molecule has 0 bridgehead atoms. The van der Waals surface area contributed by atoms with Crippen LogP contribution in [0.15, 0.2) is 35.1 Å². The van der Waals surface area contributed by atoms with Crippen LogP contribution in [0.5, 0.6) is 0 Å². The van der Waals surface area contributed by atoms with Crippen LogP contribution in [0.3, 0.4) is 0 Å². The van der Waals surface area contributed by atoms with E-state index in [1.54, 1.807) is 12.3 Å². The number of pyridine rings is 1. The van der Waals surface area contributed by atoms with Crippen LogP contribution in [0.4, 0.5) is 0 Å². The average molecular weight is 251 g/mol. The molecule has 1 unspecified atom stereocenters. The van der Waals surface area contributed by atoms with Crippen LogP contribution >= 0.6 is 11.6 Å². The fourth-order valence-corrected chi connectivity index (χ4v) is 1.94. The number of aromatic nitrogens is 1. The maximum Gasteiger partial charge on any atom is 0.197 e. The zero-order valence-corrected chi connectivity index (χ0v) is 10.4. The molecule has 1 atom stereocenters. The Labute approximate surface area is 106 Å². The third-order valence-corrected chi connectivity index (χ3v) is 3.08. The van der Waals surface area contributed by atoms with E-state index in [0.717, 1.165) is 17.7 Å². The molecular weight excluding hydrogens is 236 g/mol. The van der Waals surface area contributed by atoms with Gasteiger partial charge in [-0.2, -0.15) is 0 Å². The minimum atomic E-state index is -0.179. The summed E-state index contributed by atoms with van der Waals surface area (Å²) < 4.78 is 5.02. The van der Waals surface area contributed by atoms with Crippen LogP contribution in [0.25, 0.3) is 0 Å². The van der Waals surface area contributed by atoms with Gasteiger partial charge in [0.25, 0.3) is 0 Å². The zero-order chi connectivity index (χ0) is 12.3. The Morgan fingerprint density at radius 2 is 2.24 bits per heavy atom. The maximum atomic E-state index is 6.06. The SMILES string of the molecule is CCc1ccc(CC(N)c2ccoc2Cl)nc1. The Kier molecular flexibility index (Phi) is 3.82. The summed E-state index contributed by atoms with van der Waals surface area (Å²) >= 11 is 5.88. The third-order valence-electron chi connectivity index (χ3n) is 2.77. The van der Waals surface area contributed by atoms with E-state index in [4.69, 9.17) is 21.8 Å². The van der Waals surface area contributed by atoms with Gasteiger partial charge in [0.2, 0.25) is 0 Å². The number of rotatable bonds is 4. The molecule has 0 aliphatic carbocycles. The minimum absolute atomic E-state index is 0.179. The van der Waals surface area contributed by atoms with Crippen LogP contribution in [-0.4, -0.2) is 4.98 Å². The van der Waals surface area contributed by atoms with Crippen molar-refractivity contribution in [3.8, 4) is 0 Å². The fraction of sp³-hybridized carbons (Fsp3) is 0.308. The number of nitrogens with two attached hydrogens (primary N) is 1. The lowest BCUT2D eigenvalue weighted by Gasteiger charge is -2.09. The lowest BCUT2D eigenvalue weighted by Crippen LogP contribution is -2.13. The molecule has 0 saturated heterocycles. The summed E-state index contributed by atoms with van der Waals surface area (Å²) in [6.45, 7) is 2.10. The Balaban J connectivity index is 2.07. The van der Waals surface area contributed by atoms with E-state index in [1.165, 1.54) is 5.56 Å². The molecule has 2 rings (SSSR count). The van der Waals surface area contributed by atoms with Crippen molar-refractivity contribution in [3.05, 3.63) is 52.7 Å². The second-order valence-electron chi connectivity index (χ2n) is 3.97. The van der Waals surface area contributed by atoms with Gasteiger partial charge in [0.05, 0.1) is 6.26 Å². The summed E-state index contributed by atoms with van der Waals surface area (Å²) in [5.74, 6) is 0. The third kappa shape index (κ3) is 2.87. The van der Waals surface area contributed by atoms with Crippen LogP contribution in [-0.2, 0) is 12.8 Å². The quantitative estimate of drug-likeness (QED) is 0.907. The van der Waals surface area contributed by atoms with Crippen molar-refractivity contribution in [2.45, 2.75) is 25.8 Å². The highest BCUT2D eigenvalue weighted by Crippen LogP contribution is 2.24. The molecule has 0 spiro atoms. The molecule has 0 amide bonds. The van der Waals surface area contributed by atoms with Crippen molar-refractivity contribution in [1.29, 1.82) is 0 Å². The van der Waals surface area contributed by atoms with Gasteiger partial charge >= 0.3 is 0 Å². The van der Waals surface area contributed by atoms with E-state index in [0.29, 0.717) is 11.6 Å². The summed E-state index contributed by atoms with van der Waals surface area (Å²) in [4.78, 5) is 4.38. The monoisotopic (exact) mass is 250 g/mol. The van der Waals surface area contributed by atoms with Gasteiger partial charge in [-0.1, -0.05) is 13.0 Å². The van der Waals surface area contributed by atoms with Gasteiger partial charge in [-0.3, -0.25) is 4.98 Å². The molecule has 4 heteroatoms. The van der Waals surface area contributed by atoms with E-state index < -0.39 is 0 Å². The molecule has 90 valence electrons. The predicted molar refractivity (Wildman–Crippen MR) is 68.0 cm³/mol. The van der Waals surface area contributed by atoms with Gasteiger partial charge in [-0.25, -0.2) is 0 Å². The Hall–Kier alpha value is -1.32. The molecule has 3 nitrogen and oxygen atoms in total.